The number of urea groups is 1. The van der Waals surface area contributed by atoms with Gasteiger partial charge in [0.15, 0.2) is 0 Å². The molecule has 0 saturated carbocycles. The zero-order chi connectivity index (χ0) is 11.0. The highest BCUT2D eigenvalue weighted by atomic mass is 16.4. The Balaban J connectivity index is 3.85. The van der Waals surface area contributed by atoms with Gasteiger partial charge in [-0.05, 0) is 19.9 Å². The summed E-state index contributed by atoms with van der Waals surface area (Å²) in [5.74, 6) is -1.01. The van der Waals surface area contributed by atoms with E-state index >= 15 is 0 Å². The number of rotatable bonds is 6. The molecule has 0 fully saturated rings. The second kappa shape index (κ2) is 7.14. The van der Waals surface area contributed by atoms with E-state index in [1.807, 2.05) is 0 Å². The molecule has 0 bridgehead atoms. The lowest BCUT2D eigenvalue weighted by atomic mass is 10.4. The number of likely N-dealkylation sites (N-methyl/N-ethyl adjacent to an activating group) is 1. The molecule has 0 heterocycles. The Morgan fingerprint density at radius 1 is 1.50 bits per heavy atom. The molecule has 0 aromatic carbocycles. The van der Waals surface area contributed by atoms with Gasteiger partial charge in [0, 0.05) is 13.1 Å². The van der Waals surface area contributed by atoms with Crippen LogP contribution in [0.25, 0.3) is 0 Å². The third kappa shape index (κ3) is 5.36. The Labute approximate surface area is 83.1 Å². The van der Waals surface area contributed by atoms with Gasteiger partial charge in [0.05, 0.1) is 0 Å². The van der Waals surface area contributed by atoms with Crippen molar-refractivity contribution >= 4 is 12.0 Å². The first-order valence-corrected chi connectivity index (χ1v) is 4.56. The number of hydrogen-bond donors (Lipinski definition) is 3. The summed E-state index contributed by atoms with van der Waals surface area (Å²) in [4.78, 5) is 22.9. The number of nitrogens with zero attached hydrogens (tertiary/aromatic N) is 1. The molecular formula is C8H17N3O3. The van der Waals surface area contributed by atoms with E-state index in [0.29, 0.717) is 26.1 Å². The van der Waals surface area contributed by atoms with Crippen LogP contribution < -0.4 is 11.1 Å². The van der Waals surface area contributed by atoms with Gasteiger partial charge >= 0.3 is 12.0 Å². The molecule has 0 spiro atoms. The van der Waals surface area contributed by atoms with Gasteiger partial charge in [-0.3, -0.25) is 4.79 Å². The van der Waals surface area contributed by atoms with Crippen molar-refractivity contribution in [3.63, 3.8) is 0 Å². The SMILES string of the molecule is CCN(CC(=O)O)C(=O)NCCCN. The molecule has 4 N–H and O–H groups in total. The normalized spacial score (nSPS) is 9.57. The van der Waals surface area contributed by atoms with Crippen LogP contribution in [0, 0.1) is 0 Å². The quantitative estimate of drug-likeness (QED) is 0.505. The van der Waals surface area contributed by atoms with Crippen molar-refractivity contribution in [1.82, 2.24) is 10.2 Å². The predicted molar refractivity (Wildman–Crippen MR) is 52.0 cm³/mol. The monoisotopic (exact) mass is 203 g/mol. The van der Waals surface area contributed by atoms with Gasteiger partial charge in [-0.1, -0.05) is 0 Å². The van der Waals surface area contributed by atoms with Crippen LogP contribution in [0.5, 0.6) is 0 Å². The predicted octanol–water partition coefficient (Wildman–Crippen LogP) is -0.549. The zero-order valence-electron chi connectivity index (χ0n) is 8.32. The molecule has 0 aliphatic heterocycles. The van der Waals surface area contributed by atoms with Gasteiger partial charge in [0.2, 0.25) is 0 Å². The van der Waals surface area contributed by atoms with E-state index in [4.69, 9.17) is 10.8 Å². The molecule has 0 saturated heterocycles. The van der Waals surface area contributed by atoms with E-state index in [0.717, 1.165) is 0 Å². The Kier molecular flexibility index (Phi) is 6.47. The maximum absolute atomic E-state index is 11.3. The lowest BCUT2D eigenvalue weighted by Gasteiger charge is -2.18. The highest BCUT2D eigenvalue weighted by Gasteiger charge is 2.13. The minimum atomic E-state index is -1.01. The van der Waals surface area contributed by atoms with Crippen LogP contribution in [-0.2, 0) is 4.79 Å². The van der Waals surface area contributed by atoms with Crippen molar-refractivity contribution < 1.29 is 14.7 Å². The summed E-state index contributed by atoms with van der Waals surface area (Å²) in [6.45, 7) is 2.81. The molecule has 2 amide bonds. The summed E-state index contributed by atoms with van der Waals surface area (Å²) in [5, 5.41) is 11.1. The van der Waals surface area contributed by atoms with Crippen molar-refractivity contribution in [2.24, 2.45) is 5.73 Å². The maximum atomic E-state index is 11.3. The molecule has 0 radical (unpaired) electrons. The lowest BCUT2D eigenvalue weighted by Crippen LogP contribution is -2.43. The molecule has 0 atom stereocenters. The van der Waals surface area contributed by atoms with Crippen molar-refractivity contribution in [2.45, 2.75) is 13.3 Å². The van der Waals surface area contributed by atoms with Crippen LogP contribution in [0.2, 0.25) is 0 Å². The summed E-state index contributed by atoms with van der Waals surface area (Å²) in [7, 11) is 0. The fraction of sp³-hybridized carbons (Fsp3) is 0.750. The molecule has 0 aliphatic carbocycles. The van der Waals surface area contributed by atoms with Gasteiger partial charge in [0.25, 0.3) is 0 Å². The highest BCUT2D eigenvalue weighted by molar-refractivity contribution is 5.79. The number of carbonyl (C=O) groups is 2. The van der Waals surface area contributed by atoms with E-state index in [9.17, 15) is 9.59 Å². The lowest BCUT2D eigenvalue weighted by molar-refractivity contribution is -0.137. The molecule has 0 aliphatic rings. The molecule has 0 rings (SSSR count). The van der Waals surface area contributed by atoms with E-state index in [1.54, 1.807) is 6.92 Å². The van der Waals surface area contributed by atoms with Crippen molar-refractivity contribution in [1.29, 1.82) is 0 Å². The number of carboxylic acid groups (broad SMARTS) is 1. The first-order valence-electron chi connectivity index (χ1n) is 4.56. The van der Waals surface area contributed by atoms with Crippen LogP contribution in [0.4, 0.5) is 4.79 Å². The fourth-order valence-electron chi connectivity index (χ4n) is 0.900. The van der Waals surface area contributed by atoms with Gasteiger partial charge in [-0.2, -0.15) is 0 Å². The number of carboxylic acids is 1. The Morgan fingerprint density at radius 3 is 2.57 bits per heavy atom. The van der Waals surface area contributed by atoms with Crippen LogP contribution in [0.15, 0.2) is 0 Å². The molecule has 0 aromatic heterocycles. The summed E-state index contributed by atoms with van der Waals surface area (Å²) < 4.78 is 0. The third-order valence-corrected chi connectivity index (χ3v) is 1.65. The molecule has 6 heteroatoms. The summed E-state index contributed by atoms with van der Waals surface area (Å²) in [6.07, 6.45) is 0.691. The van der Waals surface area contributed by atoms with E-state index < -0.39 is 5.97 Å². The van der Waals surface area contributed by atoms with Crippen molar-refractivity contribution in [3.8, 4) is 0 Å². The number of nitrogens with two attached hydrogens (primary N) is 1. The first kappa shape index (κ1) is 12.7. The summed E-state index contributed by atoms with van der Waals surface area (Å²) in [6, 6.07) is -0.358. The van der Waals surface area contributed by atoms with E-state index in [1.165, 1.54) is 4.90 Å². The minimum Gasteiger partial charge on any atom is -0.480 e. The molecule has 0 unspecified atom stereocenters. The largest absolute Gasteiger partial charge is 0.480 e. The van der Waals surface area contributed by atoms with Crippen LogP contribution in [0.1, 0.15) is 13.3 Å². The fourth-order valence-corrected chi connectivity index (χ4v) is 0.900. The van der Waals surface area contributed by atoms with Gasteiger partial charge < -0.3 is 21.1 Å². The standard InChI is InChI=1S/C8H17N3O3/c1-2-11(6-7(12)13)8(14)10-5-3-4-9/h2-6,9H2,1H3,(H,10,14)(H,12,13). The second-order valence-corrected chi connectivity index (χ2v) is 2.78. The number of nitrogens with one attached hydrogen (secondary N) is 1. The number of hydrogen-bond acceptors (Lipinski definition) is 3. The molecule has 6 nitrogen and oxygen atoms in total. The van der Waals surface area contributed by atoms with E-state index in [-0.39, 0.29) is 12.6 Å². The second-order valence-electron chi connectivity index (χ2n) is 2.78. The molecule has 0 aromatic rings. The number of carbonyl (C=O) groups excluding carboxylic acids is 1. The molecular weight excluding hydrogens is 186 g/mol. The van der Waals surface area contributed by atoms with Gasteiger partial charge in [0.1, 0.15) is 6.54 Å². The number of amides is 2. The average Bonchev–Trinajstić information content (AvgIpc) is 2.14. The third-order valence-electron chi connectivity index (χ3n) is 1.65. The van der Waals surface area contributed by atoms with Crippen LogP contribution in [-0.4, -0.2) is 48.2 Å². The molecule has 14 heavy (non-hydrogen) atoms. The van der Waals surface area contributed by atoms with E-state index in [2.05, 4.69) is 5.32 Å². The van der Waals surface area contributed by atoms with Crippen LogP contribution >= 0.6 is 0 Å². The van der Waals surface area contributed by atoms with Gasteiger partial charge in [-0.15, -0.1) is 0 Å². The van der Waals surface area contributed by atoms with Crippen molar-refractivity contribution in [3.05, 3.63) is 0 Å². The Bertz CT molecular complexity index is 196. The van der Waals surface area contributed by atoms with Gasteiger partial charge in [-0.25, -0.2) is 4.79 Å². The number of aliphatic carboxylic acids is 1. The summed E-state index contributed by atoms with van der Waals surface area (Å²) in [5.41, 5.74) is 5.25. The van der Waals surface area contributed by atoms with Crippen molar-refractivity contribution in [2.75, 3.05) is 26.2 Å². The smallest absolute Gasteiger partial charge is 0.323 e. The Morgan fingerprint density at radius 2 is 2.14 bits per heavy atom. The zero-order valence-corrected chi connectivity index (χ0v) is 8.32. The van der Waals surface area contributed by atoms with Crippen LogP contribution in [0.3, 0.4) is 0 Å². The molecule has 82 valence electrons. The maximum Gasteiger partial charge on any atom is 0.323 e. The summed E-state index contributed by atoms with van der Waals surface area (Å²) >= 11 is 0. The minimum absolute atomic E-state index is 0.273. The average molecular weight is 203 g/mol. The first-order chi connectivity index (χ1) is 6.61. The topological polar surface area (TPSA) is 95.7 Å². The highest BCUT2D eigenvalue weighted by Crippen LogP contribution is 1.89. The Hall–Kier alpha value is -1.30.